The van der Waals surface area contributed by atoms with E-state index in [1.807, 2.05) is 49.4 Å². The summed E-state index contributed by atoms with van der Waals surface area (Å²) in [5.74, 6) is -0.0810. The number of carbonyl (C=O) groups is 1. The number of nitrogens with one attached hydrogen (secondary N) is 1. The fraction of sp³-hybridized carbons (Fsp3) is 0.190. The van der Waals surface area contributed by atoms with Gasteiger partial charge < -0.3 is 5.32 Å². The van der Waals surface area contributed by atoms with Gasteiger partial charge in [0.15, 0.2) is 0 Å². The number of nitrogens with zero attached hydrogens (tertiary/aromatic N) is 2. The van der Waals surface area contributed by atoms with Gasteiger partial charge in [0, 0.05) is 39.2 Å². The molecule has 0 aliphatic heterocycles. The third-order valence-corrected chi connectivity index (χ3v) is 5.26. The number of amides is 1. The quantitative estimate of drug-likeness (QED) is 0.504. The minimum atomic E-state index is -0.176. The van der Waals surface area contributed by atoms with Crippen LogP contribution in [0.15, 0.2) is 68.3 Å². The molecule has 2 aromatic carbocycles. The Balaban J connectivity index is 1.61. The molecule has 0 aliphatic rings. The van der Waals surface area contributed by atoms with E-state index in [-0.39, 0.29) is 11.5 Å². The molecule has 7 heteroatoms. The minimum Gasteiger partial charge on any atom is -0.326 e. The van der Waals surface area contributed by atoms with E-state index in [1.165, 1.54) is 10.7 Å². The predicted octanol–water partition coefficient (Wildman–Crippen LogP) is 5.16. The Morgan fingerprint density at radius 3 is 2.46 bits per heavy atom. The molecule has 0 fully saturated rings. The molecule has 0 bridgehead atoms. The van der Waals surface area contributed by atoms with Gasteiger partial charge in [-0.2, -0.15) is 5.10 Å². The number of anilines is 1. The Morgan fingerprint density at radius 2 is 1.75 bits per heavy atom. The van der Waals surface area contributed by atoms with Crippen molar-refractivity contribution in [1.29, 1.82) is 0 Å². The predicted molar refractivity (Wildman–Crippen MR) is 118 cm³/mol. The zero-order valence-corrected chi connectivity index (χ0v) is 18.5. The van der Waals surface area contributed by atoms with Crippen molar-refractivity contribution in [3.05, 3.63) is 79.5 Å². The lowest BCUT2D eigenvalue weighted by Gasteiger charge is -2.10. The number of halogens is 2. The molecule has 1 amide bonds. The monoisotopic (exact) mass is 503 g/mol. The lowest BCUT2D eigenvalue weighted by molar-refractivity contribution is -0.116. The Bertz CT molecular complexity index is 1050. The molecule has 0 spiro atoms. The van der Waals surface area contributed by atoms with E-state index in [4.69, 9.17) is 0 Å². The highest BCUT2D eigenvalue weighted by Gasteiger charge is 2.07. The van der Waals surface area contributed by atoms with E-state index in [0.717, 1.165) is 31.5 Å². The summed E-state index contributed by atoms with van der Waals surface area (Å²) in [7, 11) is 0. The summed E-state index contributed by atoms with van der Waals surface area (Å²) in [5.41, 5.74) is 3.26. The lowest BCUT2D eigenvalue weighted by Crippen LogP contribution is -2.23. The van der Waals surface area contributed by atoms with Crippen molar-refractivity contribution in [3.63, 3.8) is 0 Å². The number of hydrogen-bond acceptors (Lipinski definition) is 3. The van der Waals surface area contributed by atoms with Gasteiger partial charge in [0.1, 0.15) is 0 Å². The van der Waals surface area contributed by atoms with E-state index in [2.05, 4.69) is 42.3 Å². The molecule has 144 valence electrons. The van der Waals surface area contributed by atoms with Gasteiger partial charge >= 0.3 is 0 Å². The van der Waals surface area contributed by atoms with Gasteiger partial charge in [-0.25, -0.2) is 4.68 Å². The smallest absolute Gasteiger partial charge is 0.266 e. The Labute approximate surface area is 180 Å². The van der Waals surface area contributed by atoms with Crippen LogP contribution in [0.1, 0.15) is 18.4 Å². The molecule has 0 unspecified atom stereocenters. The molecule has 1 N–H and O–H groups in total. The van der Waals surface area contributed by atoms with E-state index in [1.54, 1.807) is 6.07 Å². The summed E-state index contributed by atoms with van der Waals surface area (Å²) in [6.07, 6.45) is 0.838. The van der Waals surface area contributed by atoms with Crippen molar-refractivity contribution in [2.24, 2.45) is 0 Å². The topological polar surface area (TPSA) is 64.0 Å². The summed E-state index contributed by atoms with van der Waals surface area (Å²) in [5, 5.41) is 7.34. The summed E-state index contributed by atoms with van der Waals surface area (Å²) in [6.45, 7) is 2.33. The van der Waals surface area contributed by atoms with Crippen LogP contribution in [0.4, 0.5) is 5.69 Å². The van der Waals surface area contributed by atoms with Crippen molar-refractivity contribution in [2.45, 2.75) is 26.3 Å². The van der Waals surface area contributed by atoms with Crippen LogP contribution in [-0.4, -0.2) is 15.7 Å². The van der Waals surface area contributed by atoms with Gasteiger partial charge in [0.2, 0.25) is 5.91 Å². The Kier molecular flexibility index (Phi) is 6.80. The first-order valence-corrected chi connectivity index (χ1v) is 10.4. The maximum atomic E-state index is 12.2. The zero-order valence-electron chi connectivity index (χ0n) is 15.3. The number of rotatable bonds is 6. The van der Waals surface area contributed by atoms with Crippen molar-refractivity contribution >= 4 is 43.5 Å². The number of aryl methyl sites for hydroxylation is 2. The highest BCUT2D eigenvalue weighted by atomic mass is 79.9. The normalized spacial score (nSPS) is 10.7. The number of aromatic nitrogens is 2. The van der Waals surface area contributed by atoms with Crippen molar-refractivity contribution in [1.82, 2.24) is 9.78 Å². The highest BCUT2D eigenvalue weighted by molar-refractivity contribution is 9.10. The second-order valence-electron chi connectivity index (χ2n) is 6.40. The van der Waals surface area contributed by atoms with Crippen LogP contribution >= 0.6 is 31.9 Å². The first-order chi connectivity index (χ1) is 13.4. The molecule has 5 nitrogen and oxygen atoms in total. The molecule has 1 aromatic heterocycles. The third-order valence-electron chi connectivity index (χ3n) is 4.24. The molecule has 1 heterocycles. The van der Waals surface area contributed by atoms with Gasteiger partial charge in [-0.1, -0.05) is 44.0 Å². The van der Waals surface area contributed by atoms with Gasteiger partial charge in [-0.3, -0.25) is 9.59 Å². The average molecular weight is 505 g/mol. The lowest BCUT2D eigenvalue weighted by atomic mass is 10.1. The van der Waals surface area contributed by atoms with E-state index in [0.29, 0.717) is 19.4 Å². The van der Waals surface area contributed by atoms with Crippen LogP contribution in [0.2, 0.25) is 0 Å². The van der Waals surface area contributed by atoms with Crippen molar-refractivity contribution in [2.75, 3.05) is 5.32 Å². The molecular weight excluding hydrogens is 486 g/mol. The van der Waals surface area contributed by atoms with Crippen molar-refractivity contribution in [3.8, 4) is 11.3 Å². The van der Waals surface area contributed by atoms with E-state index >= 15 is 0 Å². The molecule has 3 rings (SSSR count). The standard InChI is InChI=1S/C21H19Br2N3O2/c1-14-13-17(23)8-9-18(14)24-20(27)3-2-12-26-21(28)11-10-19(25-26)15-4-6-16(22)7-5-15/h4-11,13H,2-3,12H2,1H3,(H,24,27). The molecule has 0 aliphatic carbocycles. The third kappa shape index (κ3) is 5.39. The van der Waals surface area contributed by atoms with Crippen LogP contribution in [-0.2, 0) is 11.3 Å². The van der Waals surface area contributed by atoms with Gasteiger partial charge in [0.05, 0.1) is 5.69 Å². The SMILES string of the molecule is Cc1cc(Br)ccc1NC(=O)CCCn1nc(-c2ccc(Br)cc2)ccc1=O. The molecule has 28 heavy (non-hydrogen) atoms. The molecular formula is C21H19Br2N3O2. The maximum Gasteiger partial charge on any atom is 0.266 e. The first kappa shape index (κ1) is 20.5. The fourth-order valence-corrected chi connectivity index (χ4v) is 3.49. The highest BCUT2D eigenvalue weighted by Crippen LogP contribution is 2.21. The van der Waals surface area contributed by atoms with Crippen LogP contribution in [0.25, 0.3) is 11.3 Å². The Morgan fingerprint density at radius 1 is 1.04 bits per heavy atom. The Hall–Kier alpha value is -2.25. The number of benzene rings is 2. The summed E-state index contributed by atoms with van der Waals surface area (Å²) in [6, 6.07) is 16.7. The van der Waals surface area contributed by atoms with Crippen LogP contribution < -0.4 is 10.9 Å². The molecule has 3 aromatic rings. The van der Waals surface area contributed by atoms with Crippen LogP contribution in [0.5, 0.6) is 0 Å². The fourth-order valence-electron chi connectivity index (χ4n) is 2.75. The summed E-state index contributed by atoms with van der Waals surface area (Å²) < 4.78 is 3.37. The van der Waals surface area contributed by atoms with E-state index < -0.39 is 0 Å². The number of hydrogen-bond donors (Lipinski definition) is 1. The van der Waals surface area contributed by atoms with Gasteiger partial charge in [-0.15, -0.1) is 0 Å². The second-order valence-corrected chi connectivity index (χ2v) is 8.23. The molecule has 0 saturated carbocycles. The van der Waals surface area contributed by atoms with Crippen LogP contribution in [0, 0.1) is 6.92 Å². The molecule has 0 radical (unpaired) electrons. The van der Waals surface area contributed by atoms with Crippen molar-refractivity contribution < 1.29 is 4.79 Å². The van der Waals surface area contributed by atoms with Gasteiger partial charge in [-0.05, 0) is 55.3 Å². The van der Waals surface area contributed by atoms with E-state index in [9.17, 15) is 9.59 Å². The number of carbonyl (C=O) groups excluding carboxylic acids is 1. The largest absolute Gasteiger partial charge is 0.326 e. The summed E-state index contributed by atoms with van der Waals surface area (Å²) in [4.78, 5) is 24.3. The van der Waals surface area contributed by atoms with Gasteiger partial charge in [0.25, 0.3) is 5.56 Å². The zero-order chi connectivity index (χ0) is 20.1. The molecule has 0 saturated heterocycles. The first-order valence-electron chi connectivity index (χ1n) is 8.82. The average Bonchev–Trinajstić information content (AvgIpc) is 2.66. The van der Waals surface area contributed by atoms with Crippen LogP contribution in [0.3, 0.4) is 0 Å². The second kappa shape index (κ2) is 9.30. The molecule has 0 atom stereocenters. The summed E-state index contributed by atoms with van der Waals surface area (Å²) >= 11 is 6.82. The maximum absolute atomic E-state index is 12.2. The minimum absolute atomic E-state index is 0.0810.